The molecule has 0 aliphatic carbocycles. The average Bonchev–Trinajstić information content (AvgIpc) is 2.64. The minimum Gasteiger partial charge on any atom is -0.497 e. The summed E-state index contributed by atoms with van der Waals surface area (Å²) in [5.74, 6) is 0.134. The Morgan fingerprint density at radius 1 is 1.36 bits per heavy atom. The van der Waals surface area contributed by atoms with Gasteiger partial charge in [-0.25, -0.2) is 5.48 Å². The molecule has 3 rings (SSSR count). The number of hydrogen-bond acceptors (Lipinski definition) is 5. The number of anilines is 1. The van der Waals surface area contributed by atoms with Crippen molar-refractivity contribution in [3.63, 3.8) is 0 Å². The predicted molar refractivity (Wildman–Crippen MR) is 90.4 cm³/mol. The predicted octanol–water partition coefficient (Wildman–Crippen LogP) is 2.39. The van der Waals surface area contributed by atoms with Crippen LogP contribution >= 0.6 is 11.6 Å². The van der Waals surface area contributed by atoms with Gasteiger partial charge in [0.1, 0.15) is 11.5 Å². The van der Waals surface area contributed by atoms with Gasteiger partial charge in [-0.1, -0.05) is 11.6 Å². The lowest BCUT2D eigenvalue weighted by atomic mass is 10.1. The zero-order valence-electron chi connectivity index (χ0n) is 13.3. The fourth-order valence-corrected chi connectivity index (χ4v) is 2.73. The van der Waals surface area contributed by atoms with E-state index in [0.717, 1.165) is 0 Å². The van der Waals surface area contributed by atoms with Crippen molar-refractivity contribution < 1.29 is 24.3 Å². The van der Waals surface area contributed by atoms with Crippen molar-refractivity contribution in [2.24, 2.45) is 0 Å². The zero-order valence-corrected chi connectivity index (χ0v) is 14.0. The molecule has 1 aliphatic heterocycles. The van der Waals surface area contributed by atoms with Gasteiger partial charge in [-0.15, -0.1) is 0 Å². The maximum absolute atomic E-state index is 12.4. The van der Waals surface area contributed by atoms with Crippen molar-refractivity contribution in [1.29, 1.82) is 0 Å². The number of halogens is 1. The summed E-state index contributed by atoms with van der Waals surface area (Å²) >= 11 is 6.23. The second-order valence-electron chi connectivity index (χ2n) is 5.35. The molecule has 1 heterocycles. The van der Waals surface area contributed by atoms with Crippen molar-refractivity contribution in [1.82, 2.24) is 5.48 Å². The number of carbonyl (C=O) groups is 2. The van der Waals surface area contributed by atoms with Crippen molar-refractivity contribution in [2.45, 2.75) is 6.54 Å². The van der Waals surface area contributed by atoms with Crippen LogP contribution in [0, 0.1) is 0 Å². The van der Waals surface area contributed by atoms with Crippen molar-refractivity contribution in [3.05, 3.63) is 52.5 Å². The number of benzene rings is 2. The van der Waals surface area contributed by atoms with Gasteiger partial charge in [0.15, 0.2) is 6.61 Å². The van der Waals surface area contributed by atoms with E-state index in [1.54, 1.807) is 36.9 Å². The van der Waals surface area contributed by atoms with E-state index >= 15 is 0 Å². The molecule has 8 heteroatoms. The first-order valence-electron chi connectivity index (χ1n) is 7.37. The van der Waals surface area contributed by atoms with Crippen molar-refractivity contribution in [2.75, 3.05) is 18.6 Å². The van der Waals surface area contributed by atoms with Crippen LogP contribution < -0.4 is 19.9 Å². The molecule has 2 aromatic rings. The number of nitrogens with zero attached hydrogens (tertiary/aromatic N) is 1. The van der Waals surface area contributed by atoms with E-state index in [1.165, 1.54) is 17.0 Å². The summed E-state index contributed by atoms with van der Waals surface area (Å²) in [6.45, 7) is 0.0789. The minimum atomic E-state index is -0.680. The number of rotatable bonds is 4. The second kappa shape index (κ2) is 7.00. The van der Waals surface area contributed by atoms with Crippen LogP contribution in [0.3, 0.4) is 0 Å². The third kappa shape index (κ3) is 3.38. The molecule has 2 amide bonds. The van der Waals surface area contributed by atoms with Gasteiger partial charge in [-0.2, -0.15) is 0 Å². The van der Waals surface area contributed by atoms with E-state index < -0.39 is 5.91 Å². The lowest BCUT2D eigenvalue weighted by Gasteiger charge is -2.30. The monoisotopic (exact) mass is 362 g/mol. The lowest BCUT2D eigenvalue weighted by Crippen LogP contribution is -2.38. The molecule has 0 atom stereocenters. The van der Waals surface area contributed by atoms with Gasteiger partial charge in [-0.3, -0.25) is 14.8 Å². The number of carbonyl (C=O) groups excluding carboxylic acids is 2. The highest BCUT2D eigenvalue weighted by Crippen LogP contribution is 2.35. The Bertz CT molecular complexity index is 840. The SMILES string of the molecule is COc1ccc(Cl)c(CN2C(=O)COc3ccc(C(=O)NO)cc32)c1. The summed E-state index contributed by atoms with van der Waals surface area (Å²) in [4.78, 5) is 25.5. The van der Waals surface area contributed by atoms with E-state index in [-0.39, 0.29) is 24.6 Å². The van der Waals surface area contributed by atoms with E-state index in [0.29, 0.717) is 27.8 Å². The van der Waals surface area contributed by atoms with Crippen LogP contribution in [0.1, 0.15) is 15.9 Å². The standard InChI is InChI=1S/C17H15ClN2O5/c1-24-12-3-4-13(18)11(6-12)8-20-14-7-10(17(22)19-23)2-5-15(14)25-9-16(20)21/h2-7,23H,8-9H2,1H3,(H,19,22). The van der Waals surface area contributed by atoms with E-state index in [1.807, 2.05) is 0 Å². The maximum atomic E-state index is 12.4. The number of fused-ring (bicyclic) bond motifs is 1. The van der Waals surface area contributed by atoms with E-state index in [4.69, 9.17) is 26.3 Å². The van der Waals surface area contributed by atoms with Crippen molar-refractivity contribution >= 4 is 29.1 Å². The largest absolute Gasteiger partial charge is 0.497 e. The highest BCUT2D eigenvalue weighted by molar-refractivity contribution is 6.31. The third-order valence-corrected chi connectivity index (χ3v) is 4.22. The molecular weight excluding hydrogens is 348 g/mol. The summed E-state index contributed by atoms with van der Waals surface area (Å²) < 4.78 is 10.6. The molecule has 0 aromatic heterocycles. The molecule has 0 bridgehead atoms. The van der Waals surface area contributed by atoms with Crippen LogP contribution in [0.2, 0.25) is 5.02 Å². The number of hydroxylamine groups is 1. The molecule has 1 aliphatic rings. The Labute approximate surface area is 148 Å². The van der Waals surface area contributed by atoms with Gasteiger partial charge in [-0.05, 0) is 42.0 Å². The van der Waals surface area contributed by atoms with Crippen LogP contribution in [0.5, 0.6) is 11.5 Å². The molecule has 0 spiro atoms. The number of nitrogens with one attached hydrogen (secondary N) is 1. The zero-order chi connectivity index (χ0) is 18.0. The quantitative estimate of drug-likeness (QED) is 0.644. The molecule has 0 unspecified atom stereocenters. The van der Waals surface area contributed by atoms with Gasteiger partial charge >= 0.3 is 0 Å². The summed E-state index contributed by atoms with van der Waals surface area (Å²) in [6.07, 6.45) is 0. The first kappa shape index (κ1) is 17.1. The second-order valence-corrected chi connectivity index (χ2v) is 5.76. The van der Waals surface area contributed by atoms with Gasteiger partial charge in [0.25, 0.3) is 11.8 Å². The highest BCUT2D eigenvalue weighted by atomic mass is 35.5. The molecule has 0 saturated carbocycles. The number of methoxy groups -OCH3 is 1. The first-order chi connectivity index (χ1) is 12.0. The van der Waals surface area contributed by atoms with Gasteiger partial charge < -0.3 is 14.4 Å². The van der Waals surface area contributed by atoms with Crippen LogP contribution in [-0.4, -0.2) is 30.7 Å². The molecule has 130 valence electrons. The smallest absolute Gasteiger partial charge is 0.274 e. The fraction of sp³-hybridized carbons (Fsp3) is 0.176. The summed E-state index contributed by atoms with van der Waals surface area (Å²) in [5, 5.41) is 9.29. The third-order valence-electron chi connectivity index (χ3n) is 3.85. The van der Waals surface area contributed by atoms with Crippen LogP contribution in [0.4, 0.5) is 5.69 Å². The van der Waals surface area contributed by atoms with Gasteiger partial charge in [0, 0.05) is 10.6 Å². The average molecular weight is 363 g/mol. The Hall–Kier alpha value is -2.77. The summed E-state index contributed by atoms with van der Waals surface area (Å²) in [5.41, 5.74) is 2.88. The van der Waals surface area contributed by atoms with Crippen LogP contribution in [0.25, 0.3) is 0 Å². The first-order valence-corrected chi connectivity index (χ1v) is 7.75. The topological polar surface area (TPSA) is 88.1 Å². The lowest BCUT2D eigenvalue weighted by molar-refractivity contribution is -0.121. The Morgan fingerprint density at radius 2 is 2.16 bits per heavy atom. The number of ether oxygens (including phenoxy) is 2. The Morgan fingerprint density at radius 3 is 2.88 bits per heavy atom. The number of amides is 2. The molecule has 7 nitrogen and oxygen atoms in total. The minimum absolute atomic E-state index is 0.111. The van der Waals surface area contributed by atoms with E-state index in [2.05, 4.69) is 0 Å². The van der Waals surface area contributed by atoms with E-state index in [9.17, 15) is 9.59 Å². The molecule has 2 aromatic carbocycles. The summed E-state index contributed by atoms with van der Waals surface area (Å²) in [7, 11) is 1.54. The Balaban J connectivity index is 2.00. The molecule has 0 saturated heterocycles. The highest BCUT2D eigenvalue weighted by Gasteiger charge is 2.27. The molecule has 2 N–H and O–H groups in total. The molecular formula is C17H15ClN2O5. The fourth-order valence-electron chi connectivity index (χ4n) is 2.55. The van der Waals surface area contributed by atoms with Crippen LogP contribution in [0.15, 0.2) is 36.4 Å². The Kier molecular flexibility index (Phi) is 4.78. The van der Waals surface area contributed by atoms with Gasteiger partial charge in [0.05, 0.1) is 19.3 Å². The molecule has 0 fully saturated rings. The summed E-state index contributed by atoms with van der Waals surface area (Å²) in [6, 6.07) is 9.71. The molecule has 25 heavy (non-hydrogen) atoms. The van der Waals surface area contributed by atoms with Gasteiger partial charge in [0.2, 0.25) is 0 Å². The van der Waals surface area contributed by atoms with Crippen molar-refractivity contribution in [3.8, 4) is 11.5 Å². The normalized spacial score (nSPS) is 13.1. The maximum Gasteiger partial charge on any atom is 0.274 e. The molecule has 0 radical (unpaired) electrons. The van der Waals surface area contributed by atoms with Crippen LogP contribution in [-0.2, 0) is 11.3 Å². The number of hydrogen-bond donors (Lipinski definition) is 2.